The molecule has 0 spiro atoms. The lowest BCUT2D eigenvalue weighted by Crippen LogP contribution is -2.27. The van der Waals surface area contributed by atoms with Gasteiger partial charge in [-0.15, -0.1) is 0 Å². The quantitative estimate of drug-likeness (QED) is 0.869. The second-order valence-electron chi connectivity index (χ2n) is 5.43. The van der Waals surface area contributed by atoms with Crippen molar-refractivity contribution in [3.63, 3.8) is 0 Å². The van der Waals surface area contributed by atoms with Gasteiger partial charge in [-0.1, -0.05) is 13.8 Å². The lowest BCUT2D eigenvalue weighted by Gasteiger charge is -2.13. The highest BCUT2D eigenvalue weighted by molar-refractivity contribution is 5.20. The van der Waals surface area contributed by atoms with Crippen LogP contribution in [0.15, 0.2) is 29.0 Å². The van der Waals surface area contributed by atoms with Crippen molar-refractivity contribution in [2.24, 2.45) is 7.05 Å². The molecule has 0 aromatic carbocycles. The number of aromatic nitrogens is 2. The van der Waals surface area contributed by atoms with Gasteiger partial charge < -0.3 is 9.73 Å². The van der Waals surface area contributed by atoms with Crippen molar-refractivity contribution < 1.29 is 4.42 Å². The van der Waals surface area contributed by atoms with Gasteiger partial charge in [0.05, 0.1) is 12.0 Å². The molecular formula is C15H23N3O. The SMILES string of the molecule is CC(Cc1ccco1)NCc1cn(C)nc1C(C)C. The topological polar surface area (TPSA) is 43.0 Å². The highest BCUT2D eigenvalue weighted by atomic mass is 16.3. The summed E-state index contributed by atoms with van der Waals surface area (Å²) in [5, 5.41) is 8.05. The summed E-state index contributed by atoms with van der Waals surface area (Å²) < 4.78 is 7.26. The normalized spacial score (nSPS) is 13.1. The maximum absolute atomic E-state index is 5.37. The zero-order chi connectivity index (χ0) is 13.8. The fraction of sp³-hybridized carbons (Fsp3) is 0.533. The summed E-state index contributed by atoms with van der Waals surface area (Å²) in [7, 11) is 1.97. The van der Waals surface area contributed by atoms with Crippen molar-refractivity contribution in [1.29, 1.82) is 0 Å². The first kappa shape index (κ1) is 13.9. The number of nitrogens with one attached hydrogen (secondary N) is 1. The third kappa shape index (κ3) is 3.70. The number of nitrogens with zero attached hydrogens (tertiary/aromatic N) is 2. The van der Waals surface area contributed by atoms with Gasteiger partial charge in [-0.2, -0.15) is 5.10 Å². The minimum absolute atomic E-state index is 0.381. The van der Waals surface area contributed by atoms with E-state index >= 15 is 0 Å². The van der Waals surface area contributed by atoms with Crippen LogP contribution >= 0.6 is 0 Å². The molecule has 0 bridgehead atoms. The number of aryl methyl sites for hydroxylation is 1. The molecule has 1 unspecified atom stereocenters. The van der Waals surface area contributed by atoms with Crippen LogP contribution in [-0.2, 0) is 20.0 Å². The van der Waals surface area contributed by atoms with Gasteiger partial charge in [0.1, 0.15) is 5.76 Å². The summed E-state index contributed by atoms with van der Waals surface area (Å²) in [6.45, 7) is 7.38. The van der Waals surface area contributed by atoms with Crippen LogP contribution in [0.1, 0.15) is 43.7 Å². The largest absolute Gasteiger partial charge is 0.469 e. The van der Waals surface area contributed by atoms with E-state index in [0.717, 1.165) is 18.7 Å². The Kier molecular flexibility index (Phi) is 4.43. The first-order chi connectivity index (χ1) is 9.06. The lowest BCUT2D eigenvalue weighted by molar-refractivity contribution is 0.456. The number of hydrogen-bond acceptors (Lipinski definition) is 3. The van der Waals surface area contributed by atoms with Crippen LogP contribution in [-0.4, -0.2) is 15.8 Å². The average Bonchev–Trinajstić information content (AvgIpc) is 2.96. The summed E-state index contributed by atoms with van der Waals surface area (Å²) in [4.78, 5) is 0. The van der Waals surface area contributed by atoms with Gasteiger partial charge in [-0.05, 0) is 25.0 Å². The van der Waals surface area contributed by atoms with Gasteiger partial charge in [0.2, 0.25) is 0 Å². The van der Waals surface area contributed by atoms with Crippen LogP contribution in [0.3, 0.4) is 0 Å². The van der Waals surface area contributed by atoms with Crippen LogP contribution in [0.2, 0.25) is 0 Å². The van der Waals surface area contributed by atoms with Crippen molar-refractivity contribution in [1.82, 2.24) is 15.1 Å². The summed E-state index contributed by atoms with van der Waals surface area (Å²) in [5.74, 6) is 1.48. The maximum Gasteiger partial charge on any atom is 0.105 e. The predicted molar refractivity (Wildman–Crippen MR) is 76.0 cm³/mol. The molecule has 0 aliphatic rings. The highest BCUT2D eigenvalue weighted by Gasteiger charge is 2.12. The molecule has 2 aromatic heterocycles. The first-order valence-corrected chi connectivity index (χ1v) is 6.84. The molecule has 0 fully saturated rings. The summed E-state index contributed by atoms with van der Waals surface area (Å²) in [6.07, 6.45) is 4.73. The van der Waals surface area contributed by atoms with E-state index in [2.05, 4.69) is 37.4 Å². The van der Waals surface area contributed by atoms with E-state index < -0.39 is 0 Å². The fourth-order valence-electron chi connectivity index (χ4n) is 2.26. The Bertz CT molecular complexity index is 499. The molecule has 2 aromatic rings. The Morgan fingerprint density at radius 1 is 1.37 bits per heavy atom. The number of rotatable bonds is 6. The van der Waals surface area contributed by atoms with Gasteiger partial charge in [-0.3, -0.25) is 4.68 Å². The molecule has 104 valence electrons. The maximum atomic E-state index is 5.37. The first-order valence-electron chi connectivity index (χ1n) is 6.84. The van der Waals surface area contributed by atoms with E-state index in [1.165, 1.54) is 11.3 Å². The van der Waals surface area contributed by atoms with E-state index in [-0.39, 0.29) is 0 Å². The third-order valence-electron chi connectivity index (χ3n) is 3.21. The number of furan rings is 1. The van der Waals surface area contributed by atoms with Gasteiger partial charge in [-0.25, -0.2) is 0 Å². The van der Waals surface area contributed by atoms with Gasteiger partial charge >= 0.3 is 0 Å². The van der Waals surface area contributed by atoms with E-state index in [9.17, 15) is 0 Å². The van der Waals surface area contributed by atoms with Crippen molar-refractivity contribution in [3.05, 3.63) is 41.6 Å². The summed E-state index contributed by atoms with van der Waals surface area (Å²) in [6, 6.07) is 4.33. The van der Waals surface area contributed by atoms with Crippen LogP contribution in [0.25, 0.3) is 0 Å². The minimum Gasteiger partial charge on any atom is -0.469 e. The van der Waals surface area contributed by atoms with Crippen LogP contribution in [0.5, 0.6) is 0 Å². The van der Waals surface area contributed by atoms with E-state index in [1.54, 1.807) is 6.26 Å². The second kappa shape index (κ2) is 6.06. The fourth-order valence-corrected chi connectivity index (χ4v) is 2.26. The molecule has 0 saturated heterocycles. The Hall–Kier alpha value is -1.55. The molecule has 4 heteroatoms. The summed E-state index contributed by atoms with van der Waals surface area (Å²) in [5.41, 5.74) is 2.46. The minimum atomic E-state index is 0.381. The van der Waals surface area contributed by atoms with Crippen molar-refractivity contribution in [3.8, 4) is 0 Å². The molecule has 0 amide bonds. The van der Waals surface area contributed by atoms with Crippen molar-refractivity contribution >= 4 is 0 Å². The van der Waals surface area contributed by atoms with Crippen molar-refractivity contribution in [2.75, 3.05) is 0 Å². The lowest BCUT2D eigenvalue weighted by atomic mass is 10.1. The summed E-state index contributed by atoms with van der Waals surface area (Å²) >= 11 is 0. The highest BCUT2D eigenvalue weighted by Crippen LogP contribution is 2.17. The Balaban J connectivity index is 1.91. The van der Waals surface area contributed by atoms with E-state index in [4.69, 9.17) is 4.42 Å². The Morgan fingerprint density at radius 3 is 2.79 bits per heavy atom. The van der Waals surface area contributed by atoms with Gasteiger partial charge in [0.15, 0.2) is 0 Å². The zero-order valence-corrected chi connectivity index (χ0v) is 12.2. The molecule has 1 atom stereocenters. The third-order valence-corrected chi connectivity index (χ3v) is 3.21. The van der Waals surface area contributed by atoms with E-state index in [0.29, 0.717) is 12.0 Å². The molecule has 19 heavy (non-hydrogen) atoms. The molecule has 0 aliphatic heterocycles. The molecule has 0 aliphatic carbocycles. The smallest absolute Gasteiger partial charge is 0.105 e. The molecule has 0 saturated carbocycles. The molecule has 1 N–H and O–H groups in total. The molecule has 0 radical (unpaired) electrons. The monoisotopic (exact) mass is 261 g/mol. The molecule has 2 heterocycles. The standard InChI is InChI=1S/C15H23N3O/c1-11(2)15-13(10-18(4)17-15)9-16-12(3)8-14-6-5-7-19-14/h5-7,10-12,16H,8-9H2,1-4H3. The molecular weight excluding hydrogens is 238 g/mol. The zero-order valence-electron chi connectivity index (χ0n) is 12.2. The average molecular weight is 261 g/mol. The molecule has 4 nitrogen and oxygen atoms in total. The van der Waals surface area contributed by atoms with Gasteiger partial charge in [0, 0.05) is 37.8 Å². The predicted octanol–water partition coefficient (Wildman–Crippen LogP) is 2.86. The van der Waals surface area contributed by atoms with E-state index in [1.807, 2.05) is 23.9 Å². The van der Waals surface area contributed by atoms with Crippen LogP contribution in [0.4, 0.5) is 0 Å². The Morgan fingerprint density at radius 2 is 2.16 bits per heavy atom. The van der Waals surface area contributed by atoms with Crippen molar-refractivity contribution in [2.45, 2.75) is 45.7 Å². The van der Waals surface area contributed by atoms with Crippen LogP contribution in [0, 0.1) is 0 Å². The Labute approximate surface area is 114 Å². The molecule has 2 rings (SSSR count). The van der Waals surface area contributed by atoms with Crippen LogP contribution < -0.4 is 5.32 Å². The number of hydrogen-bond donors (Lipinski definition) is 1. The second-order valence-corrected chi connectivity index (χ2v) is 5.43. The van der Waals surface area contributed by atoms with Gasteiger partial charge in [0.25, 0.3) is 0 Å².